The zero-order valence-electron chi connectivity index (χ0n) is 15.8. The third-order valence-electron chi connectivity index (χ3n) is 5.63. The molecule has 26 heavy (non-hydrogen) atoms. The van der Waals surface area contributed by atoms with E-state index in [1.807, 2.05) is 0 Å². The lowest BCUT2D eigenvalue weighted by Crippen LogP contribution is -2.17. The van der Waals surface area contributed by atoms with Crippen LogP contribution >= 0.6 is 0 Å². The van der Waals surface area contributed by atoms with Gasteiger partial charge in [-0.05, 0) is 57.9 Å². The Morgan fingerprint density at radius 1 is 0.923 bits per heavy atom. The lowest BCUT2D eigenvalue weighted by molar-refractivity contribution is 0.120. The first-order valence-corrected chi connectivity index (χ1v) is 9.67. The van der Waals surface area contributed by atoms with Gasteiger partial charge < -0.3 is 19.7 Å². The highest BCUT2D eigenvalue weighted by molar-refractivity contribution is 5.97. The Kier molecular flexibility index (Phi) is 4.57. The van der Waals surface area contributed by atoms with E-state index in [1.165, 1.54) is 29.5 Å². The predicted molar refractivity (Wildman–Crippen MR) is 102 cm³/mol. The molecule has 0 aromatic heterocycles. The molecule has 2 aromatic rings. The molecule has 2 aliphatic rings. The first-order chi connectivity index (χ1) is 12.5. The quantitative estimate of drug-likeness (QED) is 0.820. The number of rotatable bonds is 6. The van der Waals surface area contributed by atoms with Crippen LogP contribution in [0.4, 0.5) is 0 Å². The molecule has 4 atom stereocenters. The zero-order valence-corrected chi connectivity index (χ0v) is 15.8. The molecule has 0 heterocycles. The Balaban J connectivity index is 1.93. The van der Waals surface area contributed by atoms with E-state index in [0.29, 0.717) is 25.0 Å². The lowest BCUT2D eigenvalue weighted by atomic mass is 9.87. The van der Waals surface area contributed by atoms with Gasteiger partial charge in [-0.25, -0.2) is 0 Å². The Bertz CT molecular complexity index is 825. The summed E-state index contributed by atoms with van der Waals surface area (Å²) in [5.41, 5.74) is 3.73. The van der Waals surface area contributed by atoms with E-state index in [4.69, 9.17) is 9.47 Å². The molecular formula is C22H28O4. The summed E-state index contributed by atoms with van der Waals surface area (Å²) in [4.78, 5) is 0. The highest BCUT2D eigenvalue weighted by atomic mass is 16.5. The van der Waals surface area contributed by atoms with Gasteiger partial charge in [0.2, 0.25) is 0 Å². The first-order valence-electron chi connectivity index (χ1n) is 9.67. The normalized spacial score (nSPS) is 23.1. The van der Waals surface area contributed by atoms with Crippen LogP contribution in [0.1, 0.15) is 61.6 Å². The van der Waals surface area contributed by atoms with E-state index < -0.39 is 12.2 Å². The van der Waals surface area contributed by atoms with Crippen molar-refractivity contribution in [2.24, 2.45) is 0 Å². The van der Waals surface area contributed by atoms with Crippen LogP contribution < -0.4 is 9.47 Å². The van der Waals surface area contributed by atoms with Gasteiger partial charge in [0.25, 0.3) is 0 Å². The standard InChI is InChI=1S/C22H28O4/c1-12-4-7-17-18(8-12)22(26-11-14(3)24)20-16-6-5-15(9-16)19(20)21(17)25-10-13(2)23/h4,7-8,13-16,23-24H,5-6,9-11H2,1-3H3. The first kappa shape index (κ1) is 17.6. The van der Waals surface area contributed by atoms with Gasteiger partial charge >= 0.3 is 0 Å². The molecule has 0 saturated heterocycles. The number of ether oxygens (including phenoxy) is 2. The highest BCUT2D eigenvalue weighted by Crippen LogP contribution is 2.61. The molecule has 0 aliphatic heterocycles. The molecule has 4 rings (SSSR count). The van der Waals surface area contributed by atoms with Crippen LogP contribution in [-0.2, 0) is 0 Å². The fourth-order valence-corrected chi connectivity index (χ4v) is 4.61. The van der Waals surface area contributed by atoms with Crippen LogP contribution in [0.5, 0.6) is 11.5 Å². The average Bonchev–Trinajstić information content (AvgIpc) is 3.19. The monoisotopic (exact) mass is 356 g/mol. The number of aliphatic hydroxyl groups is 2. The van der Waals surface area contributed by atoms with E-state index in [9.17, 15) is 10.2 Å². The number of fused-ring (bicyclic) bond motifs is 6. The summed E-state index contributed by atoms with van der Waals surface area (Å²) in [7, 11) is 0. The van der Waals surface area contributed by atoms with Crippen LogP contribution in [0.3, 0.4) is 0 Å². The molecule has 1 fully saturated rings. The van der Waals surface area contributed by atoms with Gasteiger partial charge in [-0.1, -0.05) is 17.7 Å². The third kappa shape index (κ3) is 2.95. The topological polar surface area (TPSA) is 58.9 Å². The molecule has 4 nitrogen and oxygen atoms in total. The van der Waals surface area contributed by atoms with Crippen LogP contribution in [0.2, 0.25) is 0 Å². The van der Waals surface area contributed by atoms with Crippen molar-refractivity contribution in [1.29, 1.82) is 0 Å². The molecule has 2 N–H and O–H groups in total. The van der Waals surface area contributed by atoms with Crippen LogP contribution in [0.25, 0.3) is 10.8 Å². The van der Waals surface area contributed by atoms with Crippen molar-refractivity contribution in [3.05, 3.63) is 34.9 Å². The van der Waals surface area contributed by atoms with Crippen molar-refractivity contribution in [3.63, 3.8) is 0 Å². The summed E-state index contributed by atoms with van der Waals surface area (Å²) in [6.07, 6.45) is 2.53. The molecule has 0 spiro atoms. The molecule has 4 heteroatoms. The Morgan fingerprint density at radius 3 is 2.00 bits per heavy atom. The smallest absolute Gasteiger partial charge is 0.131 e. The summed E-state index contributed by atoms with van der Waals surface area (Å²) in [6.45, 7) is 6.16. The minimum atomic E-state index is -0.504. The number of hydrogen-bond donors (Lipinski definition) is 2. The van der Waals surface area contributed by atoms with Crippen LogP contribution in [-0.4, -0.2) is 35.6 Å². The van der Waals surface area contributed by atoms with Crippen molar-refractivity contribution < 1.29 is 19.7 Å². The van der Waals surface area contributed by atoms with E-state index in [1.54, 1.807) is 13.8 Å². The van der Waals surface area contributed by atoms with Gasteiger partial charge in [-0.15, -0.1) is 0 Å². The van der Waals surface area contributed by atoms with Gasteiger partial charge in [0.1, 0.15) is 24.7 Å². The minimum absolute atomic E-state index is 0.292. The number of benzene rings is 2. The van der Waals surface area contributed by atoms with E-state index >= 15 is 0 Å². The van der Waals surface area contributed by atoms with E-state index in [2.05, 4.69) is 25.1 Å². The predicted octanol–water partition coefficient (Wildman–Crippen LogP) is 4.03. The Morgan fingerprint density at radius 2 is 1.46 bits per heavy atom. The fourth-order valence-electron chi connectivity index (χ4n) is 4.61. The number of hydrogen-bond acceptors (Lipinski definition) is 4. The summed E-state index contributed by atoms with van der Waals surface area (Å²) >= 11 is 0. The molecule has 2 aliphatic carbocycles. The lowest BCUT2D eigenvalue weighted by Gasteiger charge is -2.26. The van der Waals surface area contributed by atoms with Crippen LogP contribution in [0.15, 0.2) is 18.2 Å². The third-order valence-corrected chi connectivity index (χ3v) is 5.63. The highest BCUT2D eigenvalue weighted by Gasteiger charge is 2.42. The molecule has 1 saturated carbocycles. The van der Waals surface area contributed by atoms with E-state index in [0.717, 1.165) is 28.7 Å². The second kappa shape index (κ2) is 6.75. The summed E-state index contributed by atoms with van der Waals surface area (Å²) in [6, 6.07) is 6.34. The molecule has 0 amide bonds. The molecule has 0 radical (unpaired) electrons. The van der Waals surface area contributed by atoms with Gasteiger partial charge in [0.15, 0.2) is 0 Å². The maximum absolute atomic E-state index is 9.74. The van der Waals surface area contributed by atoms with Crippen molar-refractivity contribution in [2.45, 2.75) is 64.1 Å². The van der Waals surface area contributed by atoms with Gasteiger partial charge in [0, 0.05) is 21.9 Å². The maximum atomic E-state index is 9.74. The molecule has 4 unspecified atom stereocenters. The van der Waals surface area contributed by atoms with Crippen LogP contribution in [0, 0.1) is 6.92 Å². The Hall–Kier alpha value is -1.78. The second-order valence-corrected chi connectivity index (χ2v) is 8.06. The average molecular weight is 356 g/mol. The Labute approximate surface area is 154 Å². The minimum Gasteiger partial charge on any atom is -0.490 e. The number of aliphatic hydroxyl groups excluding tert-OH is 2. The largest absolute Gasteiger partial charge is 0.490 e. The molecule has 2 bridgehead atoms. The van der Waals surface area contributed by atoms with Crippen molar-refractivity contribution in [1.82, 2.24) is 0 Å². The maximum Gasteiger partial charge on any atom is 0.131 e. The second-order valence-electron chi connectivity index (χ2n) is 8.06. The molecule has 140 valence electrons. The van der Waals surface area contributed by atoms with E-state index in [-0.39, 0.29) is 0 Å². The van der Waals surface area contributed by atoms with Crippen molar-refractivity contribution >= 4 is 10.8 Å². The summed E-state index contributed by atoms with van der Waals surface area (Å²) < 4.78 is 12.3. The zero-order chi connectivity index (χ0) is 18.4. The summed E-state index contributed by atoms with van der Waals surface area (Å²) in [5, 5.41) is 21.6. The summed E-state index contributed by atoms with van der Waals surface area (Å²) in [5.74, 6) is 2.88. The fraction of sp³-hybridized carbons (Fsp3) is 0.545. The SMILES string of the molecule is Cc1ccc2c(OCC(C)O)c3c(c(OCC(C)O)c2c1)C1CCC3C1. The van der Waals surface area contributed by atoms with Crippen molar-refractivity contribution in [3.8, 4) is 11.5 Å². The van der Waals surface area contributed by atoms with Gasteiger partial charge in [-0.3, -0.25) is 0 Å². The number of aryl methyl sites for hydroxylation is 1. The van der Waals surface area contributed by atoms with Gasteiger partial charge in [0.05, 0.1) is 12.2 Å². The molecule has 2 aromatic carbocycles. The van der Waals surface area contributed by atoms with Crippen molar-refractivity contribution in [2.75, 3.05) is 13.2 Å². The van der Waals surface area contributed by atoms with Gasteiger partial charge in [-0.2, -0.15) is 0 Å². The molecular weight excluding hydrogens is 328 g/mol.